The van der Waals surface area contributed by atoms with Crippen LogP contribution in [0.2, 0.25) is 0 Å². The van der Waals surface area contributed by atoms with Crippen molar-refractivity contribution in [3.8, 4) is 5.82 Å². The van der Waals surface area contributed by atoms with Crippen LogP contribution in [0.1, 0.15) is 36.2 Å². The molecule has 0 unspecified atom stereocenters. The molecule has 5 heterocycles. The first-order chi connectivity index (χ1) is 18.8. The van der Waals surface area contributed by atoms with E-state index in [9.17, 15) is 31.1 Å². The number of hydrogen-bond acceptors (Lipinski definition) is 6. The van der Waals surface area contributed by atoms with Crippen molar-refractivity contribution in [2.75, 3.05) is 31.1 Å². The van der Waals surface area contributed by atoms with Gasteiger partial charge in [0.15, 0.2) is 5.82 Å². The van der Waals surface area contributed by atoms with Crippen molar-refractivity contribution in [3.05, 3.63) is 65.2 Å². The summed E-state index contributed by atoms with van der Waals surface area (Å²) >= 11 is 0. The zero-order valence-corrected chi connectivity index (χ0v) is 21.7. The molecule has 0 spiro atoms. The fourth-order valence-corrected chi connectivity index (χ4v) is 5.19. The fourth-order valence-electron chi connectivity index (χ4n) is 5.19. The van der Waals surface area contributed by atoms with E-state index in [4.69, 9.17) is 0 Å². The second-order valence-electron chi connectivity index (χ2n) is 10.2. The molecule has 3 aromatic rings. The van der Waals surface area contributed by atoms with Crippen LogP contribution in [0.4, 0.5) is 32.2 Å². The first-order valence-electron chi connectivity index (χ1n) is 12.7. The summed E-state index contributed by atoms with van der Waals surface area (Å²) in [5, 5.41) is 4.45. The van der Waals surface area contributed by atoms with Gasteiger partial charge in [-0.1, -0.05) is 0 Å². The Morgan fingerprint density at radius 3 is 2.00 bits per heavy atom. The number of carbonyl (C=O) groups is 1. The Morgan fingerprint density at radius 2 is 1.48 bits per heavy atom. The number of amides is 1. The molecular formula is C26H27F6N7O. The summed E-state index contributed by atoms with van der Waals surface area (Å²) in [6.45, 7) is 5.92. The van der Waals surface area contributed by atoms with Gasteiger partial charge in [0, 0.05) is 68.8 Å². The second-order valence-corrected chi connectivity index (χ2v) is 10.2. The molecule has 14 heteroatoms. The Kier molecular flexibility index (Phi) is 7.23. The summed E-state index contributed by atoms with van der Waals surface area (Å²) in [7, 11) is 0. The lowest BCUT2D eigenvalue weighted by Crippen LogP contribution is -2.59. The number of anilines is 1. The number of piperazine rings is 1. The SMILES string of the molecule is C[C@@H]1CN(c2ccc(C(F)(F)F)cn2)C[C@H](C)N1CC(=O)N1CCc2nn(-c3ccc(C(F)(F)F)cn3)cc2C1. The number of nitrogens with zero attached hydrogens (tertiary/aromatic N) is 7. The first kappa shape index (κ1) is 27.9. The van der Waals surface area contributed by atoms with Gasteiger partial charge in [-0.25, -0.2) is 14.6 Å². The molecule has 1 amide bonds. The molecule has 2 aliphatic rings. The van der Waals surface area contributed by atoms with E-state index in [0.29, 0.717) is 38.4 Å². The van der Waals surface area contributed by atoms with Gasteiger partial charge in [-0.15, -0.1) is 0 Å². The highest BCUT2D eigenvalue weighted by Crippen LogP contribution is 2.31. The number of fused-ring (bicyclic) bond motifs is 1. The van der Waals surface area contributed by atoms with E-state index in [1.807, 2.05) is 18.7 Å². The lowest BCUT2D eigenvalue weighted by atomic mass is 10.1. The number of alkyl halides is 6. The van der Waals surface area contributed by atoms with E-state index in [1.54, 1.807) is 11.1 Å². The van der Waals surface area contributed by atoms with E-state index >= 15 is 0 Å². The van der Waals surface area contributed by atoms with E-state index in [0.717, 1.165) is 35.8 Å². The first-order valence-corrected chi connectivity index (χ1v) is 12.7. The molecule has 0 saturated carbocycles. The average Bonchev–Trinajstić information content (AvgIpc) is 3.33. The Balaban J connectivity index is 1.20. The third-order valence-electron chi connectivity index (χ3n) is 7.34. The van der Waals surface area contributed by atoms with Gasteiger partial charge in [0.2, 0.25) is 5.91 Å². The molecule has 1 saturated heterocycles. The molecule has 0 N–H and O–H groups in total. The van der Waals surface area contributed by atoms with Crippen molar-refractivity contribution in [1.29, 1.82) is 0 Å². The Bertz CT molecular complexity index is 1340. The van der Waals surface area contributed by atoms with Gasteiger partial charge >= 0.3 is 12.4 Å². The van der Waals surface area contributed by atoms with Crippen molar-refractivity contribution >= 4 is 11.7 Å². The molecule has 0 aliphatic carbocycles. The predicted octanol–water partition coefficient (Wildman–Crippen LogP) is 4.18. The molecular weight excluding hydrogens is 540 g/mol. The molecule has 214 valence electrons. The number of aromatic nitrogens is 4. The summed E-state index contributed by atoms with van der Waals surface area (Å²) in [6, 6.07) is 4.50. The number of pyridine rings is 2. The van der Waals surface area contributed by atoms with Gasteiger partial charge in [0.25, 0.3) is 0 Å². The third-order valence-corrected chi connectivity index (χ3v) is 7.34. The lowest BCUT2D eigenvalue weighted by molar-refractivity contribution is -0.138. The van der Waals surface area contributed by atoms with Crippen molar-refractivity contribution in [1.82, 2.24) is 29.5 Å². The summed E-state index contributed by atoms with van der Waals surface area (Å²) in [6.07, 6.45) is -5.13. The van der Waals surface area contributed by atoms with Crippen molar-refractivity contribution in [2.45, 2.75) is 51.2 Å². The Morgan fingerprint density at radius 1 is 0.900 bits per heavy atom. The molecule has 0 bridgehead atoms. The van der Waals surface area contributed by atoms with Crippen LogP contribution in [0.25, 0.3) is 5.82 Å². The molecule has 2 aliphatic heterocycles. The van der Waals surface area contributed by atoms with Crippen molar-refractivity contribution < 1.29 is 31.1 Å². The minimum atomic E-state index is -4.48. The highest BCUT2D eigenvalue weighted by Gasteiger charge is 2.35. The van der Waals surface area contributed by atoms with Crippen LogP contribution in [0.5, 0.6) is 0 Å². The predicted molar refractivity (Wildman–Crippen MR) is 133 cm³/mol. The van der Waals surface area contributed by atoms with E-state index < -0.39 is 23.5 Å². The molecule has 40 heavy (non-hydrogen) atoms. The number of rotatable bonds is 4. The normalized spacial score (nSPS) is 20.5. The van der Waals surface area contributed by atoms with E-state index in [-0.39, 0.29) is 30.4 Å². The highest BCUT2D eigenvalue weighted by atomic mass is 19.4. The zero-order valence-electron chi connectivity index (χ0n) is 21.7. The molecule has 0 aromatic carbocycles. The molecule has 8 nitrogen and oxygen atoms in total. The lowest BCUT2D eigenvalue weighted by Gasteiger charge is -2.45. The summed E-state index contributed by atoms with van der Waals surface area (Å²) < 4.78 is 78.6. The quantitative estimate of drug-likeness (QED) is 0.441. The van der Waals surface area contributed by atoms with Gasteiger partial charge in [-0.3, -0.25) is 9.69 Å². The largest absolute Gasteiger partial charge is 0.417 e. The standard InChI is InChI=1S/C26H27F6N7O/c1-16-11-37(22-5-3-19(9-33-22)25(27,28)29)12-17(2)38(16)15-24(40)36-8-7-21-18(13-36)14-39(35-21)23-6-4-20(10-34-23)26(30,31)32/h3-6,9-10,14,16-17H,7-8,11-13,15H2,1-2H3/t16-,17+. The van der Waals surface area contributed by atoms with Crippen LogP contribution in [0, 0.1) is 0 Å². The topological polar surface area (TPSA) is 70.4 Å². The van der Waals surface area contributed by atoms with Crippen LogP contribution in [0.15, 0.2) is 42.9 Å². The van der Waals surface area contributed by atoms with Crippen LogP contribution >= 0.6 is 0 Å². The van der Waals surface area contributed by atoms with Crippen LogP contribution in [-0.2, 0) is 30.1 Å². The maximum absolute atomic E-state index is 13.3. The van der Waals surface area contributed by atoms with Gasteiger partial charge in [0.1, 0.15) is 5.82 Å². The summed E-state index contributed by atoms with van der Waals surface area (Å²) in [4.78, 5) is 26.9. The maximum atomic E-state index is 13.3. The third kappa shape index (κ3) is 5.76. The average molecular weight is 568 g/mol. The van der Waals surface area contributed by atoms with Gasteiger partial charge < -0.3 is 9.80 Å². The number of halogens is 6. The number of carbonyl (C=O) groups excluding carboxylic acids is 1. The van der Waals surface area contributed by atoms with E-state index in [2.05, 4.69) is 20.0 Å². The van der Waals surface area contributed by atoms with Gasteiger partial charge in [-0.2, -0.15) is 31.4 Å². The molecule has 5 rings (SSSR count). The Labute approximate surface area is 226 Å². The fraction of sp³-hybridized carbons (Fsp3) is 0.462. The summed E-state index contributed by atoms with van der Waals surface area (Å²) in [5.41, 5.74) is -0.0666. The van der Waals surface area contributed by atoms with Crippen molar-refractivity contribution in [3.63, 3.8) is 0 Å². The monoisotopic (exact) mass is 567 g/mol. The number of hydrogen-bond donors (Lipinski definition) is 0. The zero-order chi connectivity index (χ0) is 28.8. The molecule has 3 aromatic heterocycles. The summed E-state index contributed by atoms with van der Waals surface area (Å²) in [5.74, 6) is 0.648. The molecule has 2 atom stereocenters. The smallest absolute Gasteiger partial charge is 0.354 e. The second kappa shape index (κ2) is 10.4. The molecule has 0 radical (unpaired) electrons. The van der Waals surface area contributed by atoms with E-state index in [1.165, 1.54) is 16.8 Å². The minimum Gasteiger partial charge on any atom is -0.354 e. The van der Waals surface area contributed by atoms with Crippen LogP contribution < -0.4 is 4.90 Å². The highest BCUT2D eigenvalue weighted by molar-refractivity contribution is 5.78. The van der Waals surface area contributed by atoms with Gasteiger partial charge in [0.05, 0.1) is 23.4 Å². The van der Waals surface area contributed by atoms with Gasteiger partial charge in [-0.05, 0) is 38.1 Å². The maximum Gasteiger partial charge on any atom is 0.417 e. The molecule has 1 fully saturated rings. The van der Waals surface area contributed by atoms with Crippen LogP contribution in [0.3, 0.4) is 0 Å². The van der Waals surface area contributed by atoms with Crippen molar-refractivity contribution in [2.24, 2.45) is 0 Å². The van der Waals surface area contributed by atoms with Crippen LogP contribution in [-0.4, -0.2) is 73.7 Å². The minimum absolute atomic E-state index is 0.0503. The Hall–Kier alpha value is -3.68.